The molecular formula is C37H41N11. The van der Waals surface area contributed by atoms with Crippen LogP contribution in [0.3, 0.4) is 0 Å². The van der Waals surface area contributed by atoms with Gasteiger partial charge >= 0.3 is 0 Å². The highest BCUT2D eigenvalue weighted by molar-refractivity contribution is 5.91. The van der Waals surface area contributed by atoms with Crippen LogP contribution >= 0.6 is 0 Å². The zero-order chi connectivity index (χ0) is 32.5. The van der Waals surface area contributed by atoms with E-state index in [1.807, 2.05) is 12.1 Å². The van der Waals surface area contributed by atoms with Crippen LogP contribution in [-0.4, -0.2) is 44.9 Å². The Bertz CT molecular complexity index is 2300. The lowest BCUT2D eigenvalue weighted by molar-refractivity contribution is 0.441. The Labute approximate surface area is 278 Å². The summed E-state index contributed by atoms with van der Waals surface area (Å²) in [5.41, 5.74) is 9.96. The lowest BCUT2D eigenvalue weighted by atomic mass is 9.97. The van der Waals surface area contributed by atoms with Crippen molar-refractivity contribution < 1.29 is 0 Å². The number of aromatic amines is 2. The van der Waals surface area contributed by atoms with E-state index in [0.29, 0.717) is 17.5 Å². The van der Waals surface area contributed by atoms with E-state index < -0.39 is 0 Å². The lowest BCUT2D eigenvalue weighted by Gasteiger charge is -2.14. The van der Waals surface area contributed by atoms with Gasteiger partial charge in [0.15, 0.2) is 11.5 Å². The summed E-state index contributed by atoms with van der Waals surface area (Å²) in [5.74, 6) is 2.82. The van der Waals surface area contributed by atoms with Crippen LogP contribution in [0.2, 0.25) is 0 Å². The number of hydrogen-bond donors (Lipinski definition) is 4. The topological polar surface area (TPSA) is 130 Å². The number of benzene rings is 2. The molecule has 0 aliphatic heterocycles. The predicted octanol–water partition coefficient (Wildman–Crippen LogP) is 8.39. The summed E-state index contributed by atoms with van der Waals surface area (Å²) in [6.07, 6.45) is 8.59. The van der Waals surface area contributed by atoms with Gasteiger partial charge in [0.2, 0.25) is 0 Å². The second-order valence-electron chi connectivity index (χ2n) is 14.1. The van der Waals surface area contributed by atoms with E-state index in [0.717, 1.165) is 65.3 Å². The largest absolute Gasteiger partial charge is 0.340 e. The molecule has 5 aromatic heterocycles. The number of aromatic nitrogens is 9. The molecule has 0 saturated heterocycles. The number of H-pyrrole nitrogens is 2. The van der Waals surface area contributed by atoms with Gasteiger partial charge in [-0.1, -0.05) is 0 Å². The molecule has 48 heavy (non-hydrogen) atoms. The molecule has 11 nitrogen and oxygen atoms in total. The van der Waals surface area contributed by atoms with Gasteiger partial charge in [0.25, 0.3) is 0 Å². The molecule has 2 aromatic carbocycles. The second kappa shape index (κ2) is 11.2. The first-order chi connectivity index (χ1) is 23.4. The van der Waals surface area contributed by atoms with Gasteiger partial charge in [-0.05, 0) is 121 Å². The second-order valence-corrected chi connectivity index (χ2v) is 14.1. The van der Waals surface area contributed by atoms with Gasteiger partial charge in [0.05, 0.1) is 33.8 Å². The van der Waals surface area contributed by atoms with E-state index in [2.05, 4.69) is 109 Å². The molecule has 3 atom stereocenters. The molecule has 1 fully saturated rings. The zero-order valence-electron chi connectivity index (χ0n) is 27.9. The van der Waals surface area contributed by atoms with Gasteiger partial charge in [0.1, 0.15) is 5.82 Å². The molecule has 9 rings (SSSR count). The molecule has 0 spiro atoms. The van der Waals surface area contributed by atoms with Gasteiger partial charge < -0.3 is 10.6 Å². The molecule has 4 N–H and O–H groups in total. The fourth-order valence-corrected chi connectivity index (χ4v) is 7.81. The quantitative estimate of drug-likeness (QED) is 0.125. The summed E-state index contributed by atoms with van der Waals surface area (Å²) in [6.45, 7) is 8.83. The molecule has 2 aliphatic carbocycles. The van der Waals surface area contributed by atoms with E-state index >= 15 is 0 Å². The summed E-state index contributed by atoms with van der Waals surface area (Å²) in [7, 11) is 0. The Balaban J connectivity index is 0.951. The van der Waals surface area contributed by atoms with Crippen LogP contribution in [0.25, 0.3) is 32.8 Å². The first-order valence-electron chi connectivity index (χ1n) is 17.3. The van der Waals surface area contributed by atoms with Crippen LogP contribution in [0, 0.1) is 12.8 Å². The molecule has 7 aromatic rings. The Morgan fingerprint density at radius 1 is 0.854 bits per heavy atom. The van der Waals surface area contributed by atoms with Gasteiger partial charge in [-0.15, -0.1) is 0 Å². The van der Waals surface area contributed by atoms with Crippen molar-refractivity contribution in [2.24, 2.45) is 5.92 Å². The predicted molar refractivity (Wildman–Crippen MR) is 190 cm³/mol. The summed E-state index contributed by atoms with van der Waals surface area (Å²) in [4.78, 5) is 4.34. The van der Waals surface area contributed by atoms with Crippen molar-refractivity contribution >= 4 is 55.8 Å². The van der Waals surface area contributed by atoms with Gasteiger partial charge in [-0.2, -0.15) is 20.4 Å². The van der Waals surface area contributed by atoms with Crippen molar-refractivity contribution in [1.82, 2.24) is 44.9 Å². The Morgan fingerprint density at radius 3 is 2.50 bits per heavy atom. The first kappa shape index (κ1) is 29.0. The van der Waals surface area contributed by atoms with Crippen LogP contribution in [0.1, 0.15) is 87.1 Å². The molecule has 1 saturated carbocycles. The van der Waals surface area contributed by atoms with E-state index in [9.17, 15) is 0 Å². The molecule has 0 radical (unpaired) electrons. The normalized spacial score (nSPS) is 18.2. The highest BCUT2D eigenvalue weighted by Crippen LogP contribution is 2.53. The van der Waals surface area contributed by atoms with Crippen molar-refractivity contribution in [3.05, 3.63) is 77.4 Å². The fraction of sp³-hybridized carbons (Fsp3) is 0.378. The minimum Gasteiger partial charge on any atom is -0.340 e. The number of pyridine rings is 1. The van der Waals surface area contributed by atoms with Gasteiger partial charge in [-0.3, -0.25) is 19.6 Å². The maximum atomic E-state index is 5.24. The van der Waals surface area contributed by atoms with E-state index in [1.165, 1.54) is 46.1 Å². The molecule has 2 aliphatic rings. The van der Waals surface area contributed by atoms with Crippen molar-refractivity contribution in [3.63, 3.8) is 0 Å². The third-order valence-electron chi connectivity index (χ3n) is 10.4. The third kappa shape index (κ3) is 4.91. The van der Waals surface area contributed by atoms with Crippen molar-refractivity contribution in [3.8, 4) is 0 Å². The maximum absolute atomic E-state index is 5.24. The van der Waals surface area contributed by atoms with Crippen LogP contribution in [-0.2, 0) is 12.8 Å². The van der Waals surface area contributed by atoms with Crippen molar-refractivity contribution in [1.29, 1.82) is 0 Å². The maximum Gasteiger partial charge on any atom is 0.183 e. The fourth-order valence-electron chi connectivity index (χ4n) is 7.81. The van der Waals surface area contributed by atoms with E-state index in [1.54, 1.807) is 6.20 Å². The molecule has 11 heteroatoms. The average Bonchev–Trinajstić information content (AvgIpc) is 3.42. The monoisotopic (exact) mass is 639 g/mol. The summed E-state index contributed by atoms with van der Waals surface area (Å²) >= 11 is 0. The highest BCUT2D eigenvalue weighted by atomic mass is 15.3. The number of nitrogens with zero attached hydrogens (tertiary/aromatic N) is 7. The molecule has 3 unspecified atom stereocenters. The lowest BCUT2D eigenvalue weighted by Crippen LogP contribution is -2.08. The Morgan fingerprint density at radius 2 is 1.65 bits per heavy atom. The van der Waals surface area contributed by atoms with Gasteiger partial charge in [0, 0.05) is 51.6 Å². The SMILES string of the molecule is Cc1nn(C(C)CC2CC2c2nn(C(C)C)c3cc(Nc4n[nH]c5c4CCCC5)ccc23)c2cc(Nc3[nH]nc4ncccc34)ccc12. The van der Waals surface area contributed by atoms with Crippen LogP contribution in [0.5, 0.6) is 0 Å². The molecule has 244 valence electrons. The number of aryl methyl sites for hydroxylation is 2. The molecule has 0 amide bonds. The van der Waals surface area contributed by atoms with Crippen molar-refractivity contribution in [2.45, 2.75) is 84.2 Å². The summed E-state index contributed by atoms with van der Waals surface area (Å²) in [6, 6.07) is 17.6. The Hall–Kier alpha value is -5.19. The number of hydrogen-bond acceptors (Lipinski definition) is 7. The molecule has 5 heterocycles. The minimum atomic E-state index is 0.248. The van der Waals surface area contributed by atoms with Gasteiger partial charge in [-0.25, -0.2) is 4.98 Å². The average molecular weight is 640 g/mol. The van der Waals surface area contributed by atoms with E-state index in [-0.39, 0.29) is 12.1 Å². The summed E-state index contributed by atoms with van der Waals surface area (Å²) < 4.78 is 4.42. The standard InChI is InChI=1S/C37H41N11/c1-20(2)47-33-19-25(39-36-27-8-5-6-10-31(27)41-43-36)12-14-28(33)34(46-47)30-17-23(30)16-21(3)48-32-18-24(11-13-26(32)22(4)45-48)40-37-29-9-7-15-38-35(29)42-44-37/h7,9,11-15,18-21,23,30H,5-6,8,10,16-17H2,1-4H3,(H2,39,41,43)(H2,38,40,42,44). The number of rotatable bonds is 9. The number of anilines is 4. The highest BCUT2D eigenvalue weighted by Gasteiger charge is 2.42. The number of nitrogens with one attached hydrogen (secondary N) is 4. The van der Waals surface area contributed by atoms with Crippen LogP contribution < -0.4 is 10.6 Å². The smallest absolute Gasteiger partial charge is 0.183 e. The number of fused-ring (bicyclic) bond motifs is 4. The minimum absolute atomic E-state index is 0.248. The van der Waals surface area contributed by atoms with Crippen LogP contribution in [0.15, 0.2) is 54.7 Å². The molecule has 0 bridgehead atoms. The van der Waals surface area contributed by atoms with Crippen LogP contribution in [0.4, 0.5) is 23.0 Å². The first-order valence-corrected chi connectivity index (χ1v) is 17.3. The third-order valence-corrected chi connectivity index (χ3v) is 10.4. The van der Waals surface area contributed by atoms with E-state index in [4.69, 9.17) is 10.2 Å². The zero-order valence-corrected chi connectivity index (χ0v) is 27.9. The Kier molecular flexibility index (Phi) is 6.77. The molecular weight excluding hydrogens is 598 g/mol. The summed E-state index contributed by atoms with van der Waals surface area (Å²) in [5, 5.41) is 36.1. The van der Waals surface area contributed by atoms with Crippen molar-refractivity contribution in [2.75, 3.05) is 10.6 Å².